The van der Waals surface area contributed by atoms with Crippen LogP contribution < -0.4 is 42.6 Å². The van der Waals surface area contributed by atoms with Crippen LogP contribution >= 0.6 is 0 Å². The van der Waals surface area contributed by atoms with Crippen molar-refractivity contribution < 1.29 is 102 Å². The maximum Gasteiger partial charge on any atom is 0.573 e. The Kier molecular flexibility index (Phi) is 24.7. The number of carbonyl (C=O) groups is 4. The number of para-hydroxylation sites is 6. The van der Waals surface area contributed by atoms with Crippen LogP contribution in [0.1, 0.15) is 160 Å². The van der Waals surface area contributed by atoms with E-state index in [0.717, 1.165) is 74.4 Å². The van der Waals surface area contributed by atoms with Gasteiger partial charge in [-0.05, 0) is 173 Å². The van der Waals surface area contributed by atoms with Gasteiger partial charge in [0.25, 0.3) is 23.6 Å². The molecule has 4 amide bonds. The van der Waals surface area contributed by atoms with Gasteiger partial charge in [0.05, 0.1) is 91.4 Å². The van der Waals surface area contributed by atoms with Gasteiger partial charge in [0.1, 0.15) is 73.8 Å². The predicted molar refractivity (Wildman–Crippen MR) is 485 cm³/mol. The molecule has 702 valence electrons. The summed E-state index contributed by atoms with van der Waals surface area (Å²) in [7, 11) is 6.26. The number of methoxy groups -OCH3 is 4. The number of aromatic nitrogens is 6. The quantitative estimate of drug-likeness (QED) is 0.111. The number of nitriles is 1. The number of hydrogen-bond acceptors (Lipinski definition) is 19. The highest BCUT2D eigenvalue weighted by atomic mass is 32.2. The molecule has 0 radical (unpaired) electrons. The van der Waals surface area contributed by atoms with Crippen LogP contribution in [0.15, 0.2) is 217 Å². The third kappa shape index (κ3) is 17.3. The third-order valence-electron chi connectivity index (χ3n) is 26.5. The second-order valence-electron chi connectivity index (χ2n) is 35.1. The SMILES string of the molecule is COc1cc(C(=O)N2CCC3(CC2)Oc2ccccc2-n2c(C(F)(F)F)ccc23)ccc1S(=O)(=O)C(C)C.COc1cc(C(C)(C)O)ccc1C(=O)N1CCC2(CC1)Oc1ccccc1-n1c(C#N)ccc12.COc1ccc(C(=O)N2CCC3(CC2)Oc2ccccc2-c2c3cnn2C)cc1OC.Cn1ncc2c1-c1ccccc1OC21CCN(C(=O)c2cccc(OC(F)(F)F)c2)CC1. The number of sulfone groups is 1. The lowest BCUT2D eigenvalue weighted by molar-refractivity contribution is -0.274. The van der Waals surface area contributed by atoms with Gasteiger partial charge >= 0.3 is 12.5 Å². The number of piperidine rings is 4. The highest BCUT2D eigenvalue weighted by Gasteiger charge is 2.52. The molecule has 4 aromatic heterocycles. The van der Waals surface area contributed by atoms with Gasteiger partial charge in [-0.3, -0.25) is 33.1 Å². The van der Waals surface area contributed by atoms with E-state index < -0.39 is 67.1 Å². The van der Waals surface area contributed by atoms with E-state index in [4.69, 9.17) is 37.9 Å². The normalized spacial score (nSPS) is 16.5. The lowest BCUT2D eigenvalue weighted by Gasteiger charge is -2.45. The molecule has 4 spiro atoms. The minimum atomic E-state index is -4.81. The Labute approximate surface area is 775 Å². The summed E-state index contributed by atoms with van der Waals surface area (Å²) in [5, 5.41) is 28.3. The number of carbonyl (C=O) groups excluding carboxylic acids is 4. The van der Waals surface area contributed by atoms with Gasteiger partial charge in [0.15, 0.2) is 32.5 Å². The minimum absolute atomic E-state index is 0.0136. The molecule has 4 fully saturated rings. The van der Waals surface area contributed by atoms with Crippen molar-refractivity contribution >= 4 is 33.5 Å². The molecule has 12 aromatic rings. The Balaban J connectivity index is 0.000000125. The largest absolute Gasteiger partial charge is 0.573 e. The fourth-order valence-electron chi connectivity index (χ4n) is 19.4. The van der Waals surface area contributed by atoms with Crippen molar-refractivity contribution in [2.75, 3.05) is 80.8 Å². The molecule has 12 heterocycles. The van der Waals surface area contributed by atoms with Gasteiger partial charge in [0.2, 0.25) is 0 Å². The van der Waals surface area contributed by atoms with Gasteiger partial charge < -0.3 is 71.9 Å². The number of alkyl halides is 6. The van der Waals surface area contributed by atoms with Crippen LogP contribution in [0, 0.1) is 11.3 Å². The molecule has 8 aliphatic heterocycles. The Hall–Kier alpha value is -14.2. The number of likely N-dealkylation sites (tertiary alicyclic amines) is 4. The summed E-state index contributed by atoms with van der Waals surface area (Å²) in [5.74, 6) is 3.23. The van der Waals surface area contributed by atoms with Crippen LogP contribution in [0.5, 0.6) is 51.7 Å². The summed E-state index contributed by atoms with van der Waals surface area (Å²) in [6.45, 7) is 10.0. The van der Waals surface area contributed by atoms with Crippen molar-refractivity contribution in [3.05, 3.63) is 274 Å². The van der Waals surface area contributed by atoms with Crippen LogP contribution in [0.25, 0.3) is 33.9 Å². The smallest absolute Gasteiger partial charge is 0.496 e. The fourth-order valence-corrected chi connectivity index (χ4v) is 20.6. The maximum atomic E-state index is 13.9. The molecular weight excluding hydrogens is 1770 g/mol. The number of ether oxygens (including phenoxy) is 9. The summed E-state index contributed by atoms with van der Waals surface area (Å²) in [4.78, 5) is 59.8. The van der Waals surface area contributed by atoms with E-state index in [-0.39, 0.29) is 71.3 Å². The Morgan fingerprint density at radius 2 is 0.881 bits per heavy atom. The van der Waals surface area contributed by atoms with E-state index in [2.05, 4.69) is 27.1 Å². The minimum Gasteiger partial charge on any atom is -0.496 e. The Bertz CT molecular complexity index is 6730. The van der Waals surface area contributed by atoms with Crippen molar-refractivity contribution in [3.8, 4) is 91.7 Å². The molecule has 8 aromatic carbocycles. The number of fused-ring (bicyclic) bond motifs is 16. The summed E-state index contributed by atoms with van der Waals surface area (Å²) in [6, 6.07) is 58.7. The van der Waals surface area contributed by atoms with Crippen LogP contribution in [0.2, 0.25) is 0 Å². The standard InChI is InChI=1S/C27H27F3N2O5S.C27H27N3O4.C24H25N3O4.C23H20F3N3O3/c1-17(2)38(34,35)22-9-8-18(16-21(22)36-3)25(33)31-14-12-26(13-15-31)23-10-11-24(27(28,29)30)32(23)19-6-4-5-7-20(19)37-26;1-26(2,32)18-8-10-20(23(16-18)33-3)25(31)29-14-12-27(13-15-29)24-11-9-19(17-28)30(24)21-6-4-5-7-22(21)34-27;1-26-22-17-6-4-5-7-19(17)31-24(18(22)15-25-26)10-12-27(13-11-24)23(28)16-8-9-20(29-2)21(14-16)30-3;1-28-20-17-7-2-3-8-19(17)32-22(18(20)14-27-28)9-11-29(12-10-22)21(30)15-5-4-6-16(13-15)31-23(24,25)26/h4-11,16-17H,12-15H2,1-3H3;4-11,16,32H,12-15H2,1-3H3;4-9,14-15H,10-13H2,1-3H3;2-8,13-14H,9-12H2,1H3. The average Bonchev–Trinajstić information content (AvgIpc) is 1.62. The number of aryl methyl sites for hydroxylation is 2. The van der Waals surface area contributed by atoms with Crippen molar-refractivity contribution in [2.45, 2.75) is 130 Å². The molecule has 27 nitrogen and oxygen atoms in total. The van der Waals surface area contributed by atoms with Gasteiger partial charge in [-0.1, -0.05) is 60.7 Å². The van der Waals surface area contributed by atoms with Crippen LogP contribution in [-0.4, -0.2) is 178 Å². The maximum absolute atomic E-state index is 13.9. The van der Waals surface area contributed by atoms with E-state index in [9.17, 15) is 64.3 Å². The van der Waals surface area contributed by atoms with E-state index in [0.29, 0.717) is 135 Å². The monoisotopic (exact) mass is 1870 g/mol. The van der Waals surface area contributed by atoms with E-state index in [1.54, 1.807) is 112 Å². The number of benzene rings is 8. The first-order chi connectivity index (χ1) is 64.5. The highest BCUT2D eigenvalue weighted by Crippen LogP contribution is 2.54. The van der Waals surface area contributed by atoms with Gasteiger partial charge in [-0.2, -0.15) is 28.6 Å². The van der Waals surface area contributed by atoms with Gasteiger partial charge in [-0.25, -0.2) is 8.42 Å². The molecule has 1 N–H and O–H groups in total. The molecule has 135 heavy (non-hydrogen) atoms. The topological polar surface area (TPSA) is 288 Å². The molecule has 0 unspecified atom stereocenters. The predicted octanol–water partition coefficient (Wildman–Crippen LogP) is 17.5. The summed E-state index contributed by atoms with van der Waals surface area (Å²) < 4.78 is 163. The van der Waals surface area contributed by atoms with Gasteiger partial charge in [-0.15, -0.1) is 13.2 Å². The Morgan fingerprint density at radius 1 is 0.459 bits per heavy atom. The number of amides is 4. The molecule has 4 saturated heterocycles. The van der Waals surface area contributed by atoms with Crippen molar-refractivity contribution in [3.63, 3.8) is 0 Å². The molecule has 34 heteroatoms. The average molecular weight is 1870 g/mol. The number of hydrogen-bond donors (Lipinski definition) is 1. The zero-order chi connectivity index (χ0) is 95.6. The van der Waals surface area contributed by atoms with Crippen LogP contribution in [0.3, 0.4) is 0 Å². The zero-order valence-electron chi connectivity index (χ0n) is 75.8. The summed E-state index contributed by atoms with van der Waals surface area (Å²) in [6.07, 6.45) is -1.34. The Morgan fingerprint density at radius 3 is 1.35 bits per heavy atom. The molecular formula is C101H99F6N11O16S. The highest BCUT2D eigenvalue weighted by molar-refractivity contribution is 7.92. The van der Waals surface area contributed by atoms with Crippen LogP contribution in [0.4, 0.5) is 26.3 Å². The fraction of sp³-hybridized carbons (Fsp3) is 0.337. The van der Waals surface area contributed by atoms with E-state index >= 15 is 0 Å². The van der Waals surface area contributed by atoms with Gasteiger partial charge in [0, 0.05) is 157 Å². The molecule has 0 aliphatic carbocycles. The second-order valence-corrected chi connectivity index (χ2v) is 37.6. The first-order valence-corrected chi connectivity index (χ1v) is 45.7. The number of nitrogens with zero attached hydrogens (tertiary/aromatic N) is 11. The molecule has 0 bridgehead atoms. The number of halogens is 6. The van der Waals surface area contributed by atoms with Crippen molar-refractivity contribution in [1.82, 2.24) is 48.3 Å². The molecule has 0 saturated carbocycles. The molecule has 20 rings (SSSR count). The lowest BCUT2D eigenvalue weighted by atomic mass is 9.81. The van der Waals surface area contributed by atoms with E-state index in [1.165, 1.54) is 61.3 Å². The van der Waals surface area contributed by atoms with Crippen molar-refractivity contribution in [1.29, 1.82) is 5.26 Å². The summed E-state index contributed by atoms with van der Waals surface area (Å²) >= 11 is 0. The number of aliphatic hydroxyl groups is 1. The molecule has 8 aliphatic rings. The first kappa shape index (κ1) is 92.6. The summed E-state index contributed by atoms with van der Waals surface area (Å²) in [5.41, 5.74) is 7.00. The first-order valence-electron chi connectivity index (χ1n) is 44.2. The van der Waals surface area contributed by atoms with E-state index in [1.807, 2.05) is 129 Å². The third-order valence-corrected chi connectivity index (χ3v) is 28.7. The number of rotatable bonds is 12. The molecule has 0 atom stereocenters. The lowest BCUT2D eigenvalue weighted by Crippen LogP contribution is -2.50. The van der Waals surface area contributed by atoms with Crippen molar-refractivity contribution in [2.24, 2.45) is 14.1 Å². The van der Waals surface area contributed by atoms with Crippen LogP contribution in [-0.2, 0) is 58.1 Å². The second kappa shape index (κ2) is 36.0. The zero-order valence-corrected chi connectivity index (χ0v) is 76.6.